The van der Waals surface area contributed by atoms with Crippen LogP contribution in [-0.4, -0.2) is 15.8 Å². The van der Waals surface area contributed by atoms with Gasteiger partial charge in [0.15, 0.2) is 0 Å². The van der Waals surface area contributed by atoms with Crippen LogP contribution in [0.4, 0.5) is 5.82 Å². The molecule has 1 aliphatic carbocycles. The first-order valence-electron chi connectivity index (χ1n) is 6.09. The van der Waals surface area contributed by atoms with Gasteiger partial charge in [0.05, 0.1) is 5.69 Å². The fourth-order valence-electron chi connectivity index (χ4n) is 2.32. The average molecular weight is 207 g/mol. The topological polar surface area (TPSA) is 29.9 Å². The minimum absolute atomic E-state index is 0.676. The highest BCUT2D eigenvalue weighted by Gasteiger charge is 2.16. The molecule has 0 saturated heterocycles. The van der Waals surface area contributed by atoms with E-state index in [0.717, 1.165) is 6.42 Å². The molecular formula is C12H21N3. The van der Waals surface area contributed by atoms with Gasteiger partial charge in [0.1, 0.15) is 5.82 Å². The summed E-state index contributed by atoms with van der Waals surface area (Å²) in [6.45, 7) is 2.19. The van der Waals surface area contributed by atoms with Crippen molar-refractivity contribution in [1.29, 1.82) is 0 Å². The van der Waals surface area contributed by atoms with Crippen LogP contribution in [0.5, 0.6) is 0 Å². The number of anilines is 1. The van der Waals surface area contributed by atoms with Crippen LogP contribution in [0.1, 0.15) is 44.7 Å². The van der Waals surface area contributed by atoms with E-state index >= 15 is 0 Å². The lowest BCUT2D eigenvalue weighted by Crippen LogP contribution is -2.16. The fourth-order valence-corrected chi connectivity index (χ4v) is 2.32. The highest BCUT2D eigenvalue weighted by molar-refractivity contribution is 5.38. The Bertz CT molecular complexity index is 311. The molecule has 3 nitrogen and oxygen atoms in total. The van der Waals surface area contributed by atoms with Crippen molar-refractivity contribution in [2.75, 3.05) is 5.32 Å². The van der Waals surface area contributed by atoms with Crippen molar-refractivity contribution in [1.82, 2.24) is 9.78 Å². The number of rotatable bonds is 4. The van der Waals surface area contributed by atoms with E-state index < -0.39 is 0 Å². The summed E-state index contributed by atoms with van der Waals surface area (Å²) in [6, 6.07) is 2.87. The largest absolute Gasteiger partial charge is 0.368 e. The van der Waals surface area contributed by atoms with Gasteiger partial charge in [-0.1, -0.05) is 26.2 Å². The summed E-state index contributed by atoms with van der Waals surface area (Å²) in [5, 5.41) is 8.08. The van der Waals surface area contributed by atoms with Gasteiger partial charge in [-0.3, -0.25) is 4.68 Å². The van der Waals surface area contributed by atoms with Gasteiger partial charge in [-0.2, -0.15) is 5.10 Å². The third-order valence-corrected chi connectivity index (χ3v) is 3.14. The number of hydrogen-bond acceptors (Lipinski definition) is 2. The van der Waals surface area contributed by atoms with Gasteiger partial charge < -0.3 is 5.32 Å². The molecule has 0 amide bonds. The van der Waals surface area contributed by atoms with E-state index in [1.807, 2.05) is 11.7 Å². The zero-order valence-electron chi connectivity index (χ0n) is 9.79. The van der Waals surface area contributed by atoms with Gasteiger partial charge >= 0.3 is 0 Å². The molecule has 1 aromatic rings. The Kier molecular flexibility index (Phi) is 3.29. The standard InChI is InChI=1S/C12H21N3/c1-3-6-11-9-12(15(2)14-11)13-10-7-4-5-8-10/h9-10,13H,3-8H2,1-2H3. The summed E-state index contributed by atoms with van der Waals surface area (Å²) in [7, 11) is 2.02. The molecule has 84 valence electrons. The van der Waals surface area contributed by atoms with Gasteiger partial charge in [0.2, 0.25) is 0 Å². The van der Waals surface area contributed by atoms with Crippen molar-refractivity contribution < 1.29 is 0 Å². The normalized spacial score (nSPS) is 17.2. The predicted molar refractivity (Wildman–Crippen MR) is 63.1 cm³/mol. The summed E-state index contributed by atoms with van der Waals surface area (Å²) < 4.78 is 1.98. The van der Waals surface area contributed by atoms with Crippen LogP contribution in [0.2, 0.25) is 0 Å². The van der Waals surface area contributed by atoms with Crippen molar-refractivity contribution in [2.45, 2.75) is 51.5 Å². The van der Waals surface area contributed by atoms with Crippen LogP contribution >= 0.6 is 0 Å². The van der Waals surface area contributed by atoms with Gasteiger partial charge in [0, 0.05) is 19.2 Å². The van der Waals surface area contributed by atoms with Gasteiger partial charge in [-0.15, -0.1) is 0 Å². The van der Waals surface area contributed by atoms with E-state index in [9.17, 15) is 0 Å². The van der Waals surface area contributed by atoms with Crippen LogP contribution in [0.3, 0.4) is 0 Å². The third-order valence-electron chi connectivity index (χ3n) is 3.14. The lowest BCUT2D eigenvalue weighted by Gasteiger charge is -2.12. The lowest BCUT2D eigenvalue weighted by atomic mass is 10.2. The van der Waals surface area contributed by atoms with Crippen LogP contribution in [0, 0.1) is 0 Å². The molecular weight excluding hydrogens is 186 g/mol. The van der Waals surface area contributed by atoms with E-state index in [-0.39, 0.29) is 0 Å². The molecule has 1 aliphatic rings. The molecule has 0 atom stereocenters. The molecule has 0 spiro atoms. The van der Waals surface area contributed by atoms with Crippen molar-refractivity contribution in [3.63, 3.8) is 0 Å². The summed E-state index contributed by atoms with van der Waals surface area (Å²) in [4.78, 5) is 0. The highest BCUT2D eigenvalue weighted by Crippen LogP contribution is 2.22. The number of nitrogens with one attached hydrogen (secondary N) is 1. The van der Waals surface area contributed by atoms with Crippen molar-refractivity contribution in [2.24, 2.45) is 7.05 Å². The molecule has 0 radical (unpaired) electrons. The van der Waals surface area contributed by atoms with E-state index in [4.69, 9.17) is 0 Å². The monoisotopic (exact) mass is 207 g/mol. The minimum atomic E-state index is 0.676. The van der Waals surface area contributed by atoms with Crippen LogP contribution in [0.15, 0.2) is 6.07 Å². The van der Waals surface area contributed by atoms with Crippen molar-refractivity contribution in [3.05, 3.63) is 11.8 Å². The molecule has 0 unspecified atom stereocenters. The highest BCUT2D eigenvalue weighted by atomic mass is 15.3. The summed E-state index contributed by atoms with van der Waals surface area (Å²) >= 11 is 0. The summed E-state index contributed by atoms with van der Waals surface area (Å²) in [5.74, 6) is 1.19. The SMILES string of the molecule is CCCc1cc(NC2CCCC2)n(C)n1. The maximum atomic E-state index is 4.50. The molecule has 1 heterocycles. The Hall–Kier alpha value is -0.990. The average Bonchev–Trinajstić information content (AvgIpc) is 2.79. The van der Waals surface area contributed by atoms with Crippen LogP contribution < -0.4 is 5.32 Å². The molecule has 2 rings (SSSR count). The van der Waals surface area contributed by atoms with E-state index in [1.54, 1.807) is 0 Å². The summed E-state index contributed by atoms with van der Waals surface area (Å²) in [5.41, 5.74) is 1.21. The van der Waals surface area contributed by atoms with Gasteiger partial charge in [-0.25, -0.2) is 0 Å². The second kappa shape index (κ2) is 4.69. The first-order valence-corrected chi connectivity index (χ1v) is 6.09. The first kappa shape index (κ1) is 10.5. The number of aryl methyl sites for hydroxylation is 2. The molecule has 3 heteroatoms. The Morgan fingerprint density at radius 3 is 2.87 bits per heavy atom. The first-order chi connectivity index (χ1) is 7.29. The maximum Gasteiger partial charge on any atom is 0.124 e. The van der Waals surface area contributed by atoms with Gasteiger partial charge in [0.25, 0.3) is 0 Å². The quantitative estimate of drug-likeness (QED) is 0.822. The van der Waals surface area contributed by atoms with Crippen molar-refractivity contribution in [3.8, 4) is 0 Å². The molecule has 0 bridgehead atoms. The molecule has 0 aliphatic heterocycles. The zero-order chi connectivity index (χ0) is 10.7. The molecule has 1 fully saturated rings. The maximum absolute atomic E-state index is 4.50. The van der Waals surface area contributed by atoms with E-state index in [0.29, 0.717) is 6.04 Å². The second-order valence-corrected chi connectivity index (χ2v) is 4.52. The Morgan fingerprint density at radius 2 is 2.20 bits per heavy atom. The molecule has 1 aromatic heterocycles. The minimum Gasteiger partial charge on any atom is -0.368 e. The molecule has 15 heavy (non-hydrogen) atoms. The Balaban J connectivity index is 2.00. The zero-order valence-corrected chi connectivity index (χ0v) is 9.79. The number of nitrogens with zero attached hydrogens (tertiary/aromatic N) is 2. The molecule has 1 saturated carbocycles. The Labute approximate surface area is 91.9 Å². The number of aromatic nitrogens is 2. The molecule has 1 N–H and O–H groups in total. The van der Waals surface area contributed by atoms with Crippen molar-refractivity contribution >= 4 is 5.82 Å². The predicted octanol–water partition coefficient (Wildman–Crippen LogP) is 2.73. The van der Waals surface area contributed by atoms with Crippen LogP contribution in [0.25, 0.3) is 0 Å². The van der Waals surface area contributed by atoms with Gasteiger partial charge in [-0.05, 0) is 19.3 Å². The summed E-state index contributed by atoms with van der Waals surface area (Å²) in [6.07, 6.45) is 7.62. The number of hydrogen-bond donors (Lipinski definition) is 1. The second-order valence-electron chi connectivity index (χ2n) is 4.52. The third kappa shape index (κ3) is 2.52. The van der Waals surface area contributed by atoms with E-state index in [2.05, 4.69) is 23.4 Å². The molecule has 0 aromatic carbocycles. The fraction of sp³-hybridized carbons (Fsp3) is 0.750. The smallest absolute Gasteiger partial charge is 0.124 e. The van der Waals surface area contributed by atoms with Crippen LogP contribution in [-0.2, 0) is 13.5 Å². The Morgan fingerprint density at radius 1 is 1.47 bits per heavy atom. The van der Waals surface area contributed by atoms with E-state index in [1.165, 1.54) is 43.6 Å². The lowest BCUT2D eigenvalue weighted by molar-refractivity contribution is 0.701.